The molecule has 3 rings (SSSR count). The first kappa shape index (κ1) is 16.9. The van der Waals surface area contributed by atoms with Gasteiger partial charge in [0.05, 0.1) is 18.2 Å². The minimum atomic E-state index is -0.497. The molecule has 0 amide bonds. The standard InChI is InChI=1S/C19H14ClNO4/c1-24-16-7-6-14-8-15(18(20)21-17(14)9-16)11-25-19(23)13-4-2-12(10-22)3-5-13/h2-10H,11H2,1H3. The molecule has 25 heavy (non-hydrogen) atoms. The second-order valence-electron chi connectivity index (χ2n) is 5.31. The fourth-order valence-electron chi connectivity index (χ4n) is 2.32. The van der Waals surface area contributed by atoms with E-state index in [0.29, 0.717) is 34.2 Å². The lowest BCUT2D eigenvalue weighted by Gasteiger charge is -2.09. The molecular formula is C19H14ClNO4. The van der Waals surface area contributed by atoms with Gasteiger partial charge in [0.25, 0.3) is 0 Å². The highest BCUT2D eigenvalue weighted by molar-refractivity contribution is 6.30. The van der Waals surface area contributed by atoms with Gasteiger partial charge in [0.15, 0.2) is 0 Å². The van der Waals surface area contributed by atoms with Gasteiger partial charge >= 0.3 is 5.97 Å². The third kappa shape index (κ3) is 3.78. The number of pyridine rings is 1. The summed E-state index contributed by atoms with van der Waals surface area (Å²) in [5, 5.41) is 1.14. The van der Waals surface area contributed by atoms with Gasteiger partial charge < -0.3 is 9.47 Å². The number of halogens is 1. The number of methoxy groups -OCH3 is 1. The zero-order valence-electron chi connectivity index (χ0n) is 13.4. The van der Waals surface area contributed by atoms with Crippen molar-refractivity contribution in [2.75, 3.05) is 7.11 Å². The predicted octanol–water partition coefficient (Wildman–Crippen LogP) is 4.07. The Hall–Kier alpha value is -2.92. The van der Waals surface area contributed by atoms with E-state index in [9.17, 15) is 9.59 Å². The smallest absolute Gasteiger partial charge is 0.338 e. The number of carbonyl (C=O) groups is 2. The van der Waals surface area contributed by atoms with Gasteiger partial charge in [-0.05, 0) is 30.3 Å². The lowest BCUT2D eigenvalue weighted by Crippen LogP contribution is -2.06. The quantitative estimate of drug-likeness (QED) is 0.392. The molecule has 0 unspecified atom stereocenters. The van der Waals surface area contributed by atoms with Gasteiger partial charge in [-0.15, -0.1) is 0 Å². The third-order valence-corrected chi connectivity index (χ3v) is 4.02. The summed E-state index contributed by atoms with van der Waals surface area (Å²) in [7, 11) is 1.58. The van der Waals surface area contributed by atoms with E-state index in [2.05, 4.69) is 4.98 Å². The van der Waals surface area contributed by atoms with Crippen molar-refractivity contribution >= 4 is 34.8 Å². The summed E-state index contributed by atoms with van der Waals surface area (Å²) in [6.45, 7) is 0.00205. The van der Waals surface area contributed by atoms with Crippen molar-refractivity contribution in [1.82, 2.24) is 4.98 Å². The monoisotopic (exact) mass is 355 g/mol. The SMILES string of the molecule is COc1ccc2cc(COC(=O)c3ccc(C=O)cc3)c(Cl)nc2c1. The zero-order chi connectivity index (χ0) is 17.8. The molecule has 3 aromatic rings. The summed E-state index contributed by atoms with van der Waals surface area (Å²) in [5.41, 5.74) is 2.16. The molecule has 0 aliphatic rings. The molecule has 0 saturated heterocycles. The van der Waals surface area contributed by atoms with E-state index in [1.165, 1.54) is 0 Å². The molecule has 0 fully saturated rings. The second-order valence-corrected chi connectivity index (χ2v) is 5.67. The van der Waals surface area contributed by atoms with E-state index in [-0.39, 0.29) is 11.8 Å². The van der Waals surface area contributed by atoms with E-state index in [1.54, 1.807) is 37.4 Å². The Bertz CT molecular complexity index is 938. The largest absolute Gasteiger partial charge is 0.497 e. The van der Waals surface area contributed by atoms with E-state index >= 15 is 0 Å². The molecule has 0 aliphatic heterocycles. The third-order valence-electron chi connectivity index (χ3n) is 3.69. The number of nitrogens with zero attached hydrogens (tertiary/aromatic N) is 1. The summed E-state index contributed by atoms with van der Waals surface area (Å²) in [6.07, 6.45) is 0.713. The van der Waals surface area contributed by atoms with Crippen LogP contribution in [-0.2, 0) is 11.3 Å². The number of aldehydes is 1. The average Bonchev–Trinajstić information content (AvgIpc) is 2.65. The van der Waals surface area contributed by atoms with E-state index in [0.717, 1.165) is 5.39 Å². The summed E-state index contributed by atoms with van der Waals surface area (Å²) in [6, 6.07) is 13.5. The molecule has 1 aromatic heterocycles. The van der Waals surface area contributed by atoms with Gasteiger partial charge in [0, 0.05) is 22.6 Å². The van der Waals surface area contributed by atoms with Crippen molar-refractivity contribution in [2.24, 2.45) is 0 Å². The molecule has 0 saturated carbocycles. The van der Waals surface area contributed by atoms with Crippen molar-refractivity contribution in [3.8, 4) is 5.75 Å². The van der Waals surface area contributed by atoms with E-state index < -0.39 is 5.97 Å². The molecule has 6 heteroatoms. The molecule has 0 radical (unpaired) electrons. The van der Waals surface area contributed by atoms with Crippen molar-refractivity contribution in [1.29, 1.82) is 0 Å². The van der Waals surface area contributed by atoms with Gasteiger partial charge in [0.2, 0.25) is 0 Å². The summed E-state index contributed by atoms with van der Waals surface area (Å²) in [4.78, 5) is 27.0. The topological polar surface area (TPSA) is 65.5 Å². The summed E-state index contributed by atoms with van der Waals surface area (Å²) in [5.74, 6) is 0.192. The highest BCUT2D eigenvalue weighted by atomic mass is 35.5. The van der Waals surface area contributed by atoms with Crippen LogP contribution in [0.25, 0.3) is 10.9 Å². The Morgan fingerprint density at radius 1 is 1.16 bits per heavy atom. The number of esters is 1. The van der Waals surface area contributed by atoms with E-state index in [4.69, 9.17) is 21.1 Å². The fourth-order valence-corrected chi connectivity index (χ4v) is 2.52. The lowest BCUT2D eigenvalue weighted by atomic mass is 10.1. The number of hydrogen-bond donors (Lipinski definition) is 0. The van der Waals surface area contributed by atoms with Crippen LogP contribution in [0.4, 0.5) is 0 Å². The maximum Gasteiger partial charge on any atom is 0.338 e. The average molecular weight is 356 g/mol. The molecule has 0 bridgehead atoms. The van der Waals surface area contributed by atoms with Crippen LogP contribution in [-0.4, -0.2) is 24.3 Å². The summed E-state index contributed by atoms with van der Waals surface area (Å²) >= 11 is 6.19. The molecular weight excluding hydrogens is 342 g/mol. The number of fused-ring (bicyclic) bond motifs is 1. The number of carbonyl (C=O) groups excluding carboxylic acids is 2. The molecule has 0 spiro atoms. The Labute approximate surface area is 149 Å². The minimum Gasteiger partial charge on any atom is -0.497 e. The normalized spacial score (nSPS) is 10.5. The van der Waals surface area contributed by atoms with Crippen LogP contribution < -0.4 is 4.74 Å². The first-order chi connectivity index (χ1) is 12.1. The lowest BCUT2D eigenvalue weighted by molar-refractivity contribution is 0.0472. The second kappa shape index (κ2) is 7.32. The van der Waals surface area contributed by atoms with Crippen molar-refractivity contribution in [2.45, 2.75) is 6.61 Å². The van der Waals surface area contributed by atoms with Gasteiger partial charge in [0.1, 0.15) is 23.8 Å². The zero-order valence-corrected chi connectivity index (χ0v) is 14.1. The molecule has 1 heterocycles. The first-order valence-corrected chi connectivity index (χ1v) is 7.84. The van der Waals surface area contributed by atoms with Crippen molar-refractivity contribution < 1.29 is 19.1 Å². The molecule has 0 N–H and O–H groups in total. The molecule has 2 aromatic carbocycles. The summed E-state index contributed by atoms with van der Waals surface area (Å²) < 4.78 is 10.4. The molecule has 0 atom stereocenters. The number of benzene rings is 2. The van der Waals surface area contributed by atoms with Crippen LogP contribution in [0.2, 0.25) is 5.15 Å². The van der Waals surface area contributed by atoms with Crippen molar-refractivity contribution in [3.63, 3.8) is 0 Å². The van der Waals surface area contributed by atoms with Crippen LogP contribution in [0.3, 0.4) is 0 Å². The van der Waals surface area contributed by atoms with Crippen molar-refractivity contribution in [3.05, 3.63) is 70.4 Å². The van der Waals surface area contributed by atoms with Crippen LogP contribution in [0.5, 0.6) is 5.75 Å². The van der Waals surface area contributed by atoms with Gasteiger partial charge in [-0.3, -0.25) is 4.79 Å². The van der Waals surface area contributed by atoms with E-state index in [1.807, 2.05) is 18.2 Å². The minimum absolute atomic E-state index is 0.00205. The highest BCUT2D eigenvalue weighted by Crippen LogP contribution is 2.25. The number of aromatic nitrogens is 1. The Kier molecular flexibility index (Phi) is 4.95. The molecule has 126 valence electrons. The maximum atomic E-state index is 12.1. The number of ether oxygens (including phenoxy) is 2. The van der Waals surface area contributed by atoms with Crippen LogP contribution in [0.1, 0.15) is 26.3 Å². The van der Waals surface area contributed by atoms with Crippen LogP contribution in [0, 0.1) is 0 Å². The Balaban J connectivity index is 1.76. The van der Waals surface area contributed by atoms with Crippen LogP contribution >= 0.6 is 11.6 Å². The number of hydrogen-bond acceptors (Lipinski definition) is 5. The number of rotatable bonds is 5. The van der Waals surface area contributed by atoms with Gasteiger partial charge in [-0.1, -0.05) is 23.7 Å². The maximum absolute atomic E-state index is 12.1. The van der Waals surface area contributed by atoms with Gasteiger partial charge in [-0.2, -0.15) is 0 Å². The highest BCUT2D eigenvalue weighted by Gasteiger charge is 2.11. The molecule has 0 aliphatic carbocycles. The Morgan fingerprint density at radius 3 is 2.60 bits per heavy atom. The predicted molar refractivity (Wildman–Crippen MR) is 94.3 cm³/mol. The fraction of sp³-hybridized carbons (Fsp3) is 0.105. The first-order valence-electron chi connectivity index (χ1n) is 7.46. The Morgan fingerprint density at radius 2 is 1.92 bits per heavy atom. The van der Waals surface area contributed by atoms with Gasteiger partial charge in [-0.25, -0.2) is 9.78 Å². The van der Waals surface area contributed by atoms with Crippen LogP contribution in [0.15, 0.2) is 48.5 Å². The molecule has 5 nitrogen and oxygen atoms in total.